The fourth-order valence-corrected chi connectivity index (χ4v) is 2.06. The average molecular weight is 300 g/mol. The fraction of sp³-hybridized carbons (Fsp3) is 0.176. The summed E-state index contributed by atoms with van der Waals surface area (Å²) >= 11 is 0. The summed E-state index contributed by atoms with van der Waals surface area (Å²) in [6.07, 6.45) is 0. The Morgan fingerprint density at radius 1 is 1.09 bits per heavy atom. The first kappa shape index (κ1) is 15.7. The monoisotopic (exact) mass is 300 g/mol. The molecule has 1 atom stereocenters. The third-order valence-electron chi connectivity index (χ3n) is 3.16. The molecule has 0 fully saturated rings. The Bertz CT molecular complexity index is 683. The lowest BCUT2D eigenvalue weighted by atomic mass is 10.1. The van der Waals surface area contributed by atoms with E-state index in [0.717, 1.165) is 5.56 Å². The van der Waals surface area contributed by atoms with Gasteiger partial charge >= 0.3 is 0 Å². The second-order valence-corrected chi connectivity index (χ2v) is 5.01. The molecule has 114 valence electrons. The molecule has 0 saturated carbocycles. The summed E-state index contributed by atoms with van der Waals surface area (Å²) in [5.41, 5.74) is 1.82. The Kier molecular flexibility index (Phi) is 4.88. The third kappa shape index (κ3) is 4.15. The van der Waals surface area contributed by atoms with Crippen LogP contribution in [0.5, 0.6) is 0 Å². The van der Waals surface area contributed by atoms with E-state index in [-0.39, 0.29) is 23.7 Å². The lowest BCUT2D eigenvalue weighted by molar-refractivity contribution is -0.114. The van der Waals surface area contributed by atoms with Gasteiger partial charge in [-0.2, -0.15) is 0 Å². The zero-order chi connectivity index (χ0) is 16.1. The number of hydrogen-bond acceptors (Lipinski definition) is 2. The number of nitrogens with one attached hydrogen (secondary N) is 2. The van der Waals surface area contributed by atoms with Crippen molar-refractivity contribution in [2.45, 2.75) is 19.9 Å². The van der Waals surface area contributed by atoms with Gasteiger partial charge in [0.2, 0.25) is 5.91 Å². The summed E-state index contributed by atoms with van der Waals surface area (Å²) in [4.78, 5) is 23.3. The molecule has 2 aromatic carbocycles. The van der Waals surface area contributed by atoms with E-state index in [9.17, 15) is 14.0 Å². The van der Waals surface area contributed by atoms with E-state index in [4.69, 9.17) is 0 Å². The van der Waals surface area contributed by atoms with Gasteiger partial charge in [0.1, 0.15) is 5.82 Å². The first-order chi connectivity index (χ1) is 10.5. The van der Waals surface area contributed by atoms with Gasteiger partial charge in [-0.1, -0.05) is 18.2 Å². The third-order valence-corrected chi connectivity index (χ3v) is 3.16. The van der Waals surface area contributed by atoms with Gasteiger partial charge in [-0.05, 0) is 42.8 Å². The van der Waals surface area contributed by atoms with Crippen molar-refractivity contribution in [1.82, 2.24) is 5.32 Å². The number of anilines is 1. The second kappa shape index (κ2) is 6.85. The van der Waals surface area contributed by atoms with E-state index in [1.165, 1.54) is 19.1 Å². The van der Waals surface area contributed by atoms with Gasteiger partial charge in [0, 0.05) is 18.2 Å². The van der Waals surface area contributed by atoms with E-state index in [1.807, 2.05) is 6.92 Å². The fourth-order valence-electron chi connectivity index (χ4n) is 2.06. The Labute approximate surface area is 128 Å². The second-order valence-electron chi connectivity index (χ2n) is 5.01. The molecule has 2 rings (SSSR count). The SMILES string of the molecule is CC(=O)Nc1cccc(C(=O)N[C@H](C)c2ccc(F)cc2)c1. The van der Waals surface area contributed by atoms with Gasteiger partial charge in [-0.3, -0.25) is 9.59 Å². The minimum absolute atomic E-state index is 0.197. The lowest BCUT2D eigenvalue weighted by Gasteiger charge is -2.15. The smallest absolute Gasteiger partial charge is 0.251 e. The topological polar surface area (TPSA) is 58.2 Å². The lowest BCUT2D eigenvalue weighted by Crippen LogP contribution is -2.26. The molecule has 0 saturated heterocycles. The largest absolute Gasteiger partial charge is 0.346 e. The normalized spacial score (nSPS) is 11.6. The molecule has 0 unspecified atom stereocenters. The van der Waals surface area contributed by atoms with Crippen molar-refractivity contribution in [3.63, 3.8) is 0 Å². The molecule has 0 radical (unpaired) electrons. The summed E-state index contributed by atoms with van der Waals surface area (Å²) in [7, 11) is 0. The Morgan fingerprint density at radius 2 is 1.77 bits per heavy atom. The van der Waals surface area contributed by atoms with Crippen LogP contribution in [0.15, 0.2) is 48.5 Å². The molecule has 2 N–H and O–H groups in total. The van der Waals surface area contributed by atoms with Crippen LogP contribution in [0.4, 0.5) is 10.1 Å². The van der Waals surface area contributed by atoms with Gasteiger partial charge in [-0.15, -0.1) is 0 Å². The van der Waals surface area contributed by atoms with Crippen LogP contribution in [-0.4, -0.2) is 11.8 Å². The molecule has 2 amide bonds. The maximum atomic E-state index is 12.9. The molecule has 0 aliphatic rings. The van der Waals surface area contributed by atoms with Crippen molar-refractivity contribution < 1.29 is 14.0 Å². The predicted molar refractivity (Wildman–Crippen MR) is 83.0 cm³/mol. The summed E-state index contributed by atoms with van der Waals surface area (Å²) in [5.74, 6) is -0.772. The number of halogens is 1. The van der Waals surface area contributed by atoms with Crippen molar-refractivity contribution in [3.8, 4) is 0 Å². The van der Waals surface area contributed by atoms with Crippen molar-refractivity contribution >= 4 is 17.5 Å². The van der Waals surface area contributed by atoms with Gasteiger partial charge in [0.15, 0.2) is 0 Å². The van der Waals surface area contributed by atoms with Crippen LogP contribution in [-0.2, 0) is 4.79 Å². The van der Waals surface area contributed by atoms with Crippen molar-refractivity contribution in [2.75, 3.05) is 5.32 Å². The van der Waals surface area contributed by atoms with Crippen LogP contribution < -0.4 is 10.6 Å². The van der Waals surface area contributed by atoms with Crippen LogP contribution in [0.3, 0.4) is 0 Å². The van der Waals surface area contributed by atoms with E-state index < -0.39 is 0 Å². The number of carbonyl (C=O) groups excluding carboxylic acids is 2. The summed E-state index contributed by atoms with van der Waals surface area (Å²) < 4.78 is 12.9. The zero-order valence-corrected chi connectivity index (χ0v) is 12.4. The highest BCUT2D eigenvalue weighted by Gasteiger charge is 2.12. The minimum Gasteiger partial charge on any atom is -0.346 e. The molecule has 0 bridgehead atoms. The van der Waals surface area contributed by atoms with Crippen LogP contribution in [0, 0.1) is 5.82 Å². The molecule has 4 nitrogen and oxygen atoms in total. The van der Waals surface area contributed by atoms with Crippen LogP contribution >= 0.6 is 0 Å². The van der Waals surface area contributed by atoms with Gasteiger partial charge in [-0.25, -0.2) is 4.39 Å². The molecule has 5 heteroatoms. The van der Waals surface area contributed by atoms with Crippen LogP contribution in [0.2, 0.25) is 0 Å². The van der Waals surface area contributed by atoms with Gasteiger partial charge in [0.05, 0.1) is 6.04 Å². The van der Waals surface area contributed by atoms with Crippen molar-refractivity contribution in [2.24, 2.45) is 0 Å². The zero-order valence-electron chi connectivity index (χ0n) is 12.4. The highest BCUT2D eigenvalue weighted by Crippen LogP contribution is 2.15. The molecule has 0 aliphatic heterocycles. The number of amides is 2. The van der Waals surface area contributed by atoms with E-state index >= 15 is 0 Å². The molecular formula is C17H17FN2O2. The average Bonchev–Trinajstić information content (AvgIpc) is 2.47. The van der Waals surface area contributed by atoms with E-state index in [1.54, 1.807) is 36.4 Å². The molecule has 0 heterocycles. The summed E-state index contributed by atoms with van der Waals surface area (Å²) in [6.45, 7) is 3.23. The maximum absolute atomic E-state index is 12.9. The number of carbonyl (C=O) groups is 2. The Hall–Kier alpha value is -2.69. The molecule has 0 spiro atoms. The first-order valence-corrected chi connectivity index (χ1v) is 6.89. The minimum atomic E-state index is -0.315. The quantitative estimate of drug-likeness (QED) is 0.910. The molecule has 2 aromatic rings. The van der Waals surface area contributed by atoms with E-state index in [0.29, 0.717) is 11.3 Å². The van der Waals surface area contributed by atoms with E-state index in [2.05, 4.69) is 10.6 Å². The molecule has 0 aliphatic carbocycles. The van der Waals surface area contributed by atoms with Gasteiger partial charge < -0.3 is 10.6 Å². The standard InChI is InChI=1S/C17H17FN2O2/c1-11(13-6-8-15(18)9-7-13)19-17(22)14-4-3-5-16(10-14)20-12(2)21/h3-11H,1-2H3,(H,19,22)(H,20,21)/t11-/m1/s1. The number of hydrogen-bond donors (Lipinski definition) is 2. The highest BCUT2D eigenvalue weighted by atomic mass is 19.1. The van der Waals surface area contributed by atoms with Crippen molar-refractivity contribution in [1.29, 1.82) is 0 Å². The molecular weight excluding hydrogens is 283 g/mol. The Morgan fingerprint density at radius 3 is 2.41 bits per heavy atom. The predicted octanol–water partition coefficient (Wildman–Crippen LogP) is 3.28. The number of rotatable bonds is 4. The van der Waals surface area contributed by atoms with Crippen LogP contribution in [0.25, 0.3) is 0 Å². The van der Waals surface area contributed by atoms with Crippen molar-refractivity contribution in [3.05, 3.63) is 65.5 Å². The highest BCUT2D eigenvalue weighted by molar-refractivity contribution is 5.96. The Balaban J connectivity index is 2.08. The first-order valence-electron chi connectivity index (χ1n) is 6.89. The maximum Gasteiger partial charge on any atom is 0.251 e. The molecule has 0 aromatic heterocycles. The van der Waals surface area contributed by atoms with Gasteiger partial charge in [0.25, 0.3) is 5.91 Å². The summed E-state index contributed by atoms with van der Waals surface area (Å²) in [5, 5.41) is 5.47. The molecule has 22 heavy (non-hydrogen) atoms. The summed E-state index contributed by atoms with van der Waals surface area (Å²) in [6, 6.07) is 12.4. The van der Waals surface area contributed by atoms with Crippen LogP contribution in [0.1, 0.15) is 35.8 Å². The number of benzene rings is 2.